The van der Waals surface area contributed by atoms with Gasteiger partial charge in [0.05, 0.1) is 0 Å². The van der Waals surface area contributed by atoms with Gasteiger partial charge in [-0.2, -0.15) is 0 Å². The fourth-order valence-electron chi connectivity index (χ4n) is 1.38. The van der Waals surface area contributed by atoms with E-state index >= 15 is 0 Å². The minimum Gasteiger partial charge on any atom is -0.331 e. The molecule has 5 heteroatoms. The smallest absolute Gasteiger partial charge is 0.229 e. The molecule has 0 saturated heterocycles. The van der Waals surface area contributed by atoms with Gasteiger partial charge in [-0.3, -0.25) is 4.79 Å². The predicted molar refractivity (Wildman–Crippen MR) is 60.7 cm³/mol. The Morgan fingerprint density at radius 3 is 2.88 bits per heavy atom. The van der Waals surface area contributed by atoms with Crippen LogP contribution in [0.1, 0.15) is 16.2 Å². The average molecular weight is 283 g/mol. The van der Waals surface area contributed by atoms with E-state index in [2.05, 4.69) is 20.9 Å². The second-order valence-electron chi connectivity index (χ2n) is 3.32. The zero-order valence-corrected chi connectivity index (χ0v) is 10.0. The van der Waals surface area contributed by atoms with Gasteiger partial charge in [0.2, 0.25) is 5.78 Å². The number of imidazole rings is 1. The van der Waals surface area contributed by atoms with E-state index in [1.165, 1.54) is 24.4 Å². The Morgan fingerprint density at radius 1 is 1.50 bits per heavy atom. The van der Waals surface area contributed by atoms with Crippen molar-refractivity contribution in [1.29, 1.82) is 0 Å². The van der Waals surface area contributed by atoms with Crippen LogP contribution >= 0.6 is 15.9 Å². The summed E-state index contributed by atoms with van der Waals surface area (Å²) < 4.78 is 15.2. The molecule has 2 rings (SSSR count). The van der Waals surface area contributed by atoms with E-state index in [-0.39, 0.29) is 17.2 Å². The zero-order valence-electron chi connectivity index (χ0n) is 8.45. The second-order valence-corrected chi connectivity index (χ2v) is 4.17. The van der Waals surface area contributed by atoms with Crippen molar-refractivity contribution in [2.24, 2.45) is 7.05 Å². The maximum Gasteiger partial charge on any atom is 0.229 e. The first-order valence-corrected chi connectivity index (χ1v) is 5.36. The number of carbonyl (C=O) groups excluding carboxylic acids is 1. The van der Waals surface area contributed by atoms with Crippen LogP contribution in [0.3, 0.4) is 0 Å². The summed E-state index contributed by atoms with van der Waals surface area (Å²) in [5, 5.41) is 0. The topological polar surface area (TPSA) is 34.9 Å². The van der Waals surface area contributed by atoms with E-state index in [1.807, 2.05) is 0 Å². The van der Waals surface area contributed by atoms with E-state index in [0.717, 1.165) is 0 Å². The van der Waals surface area contributed by atoms with E-state index in [1.54, 1.807) is 17.8 Å². The fraction of sp³-hybridized carbons (Fsp3) is 0.0909. The fourth-order valence-corrected chi connectivity index (χ4v) is 1.80. The summed E-state index contributed by atoms with van der Waals surface area (Å²) in [6, 6.07) is 3.99. The van der Waals surface area contributed by atoms with Crippen LogP contribution in [0.4, 0.5) is 4.39 Å². The lowest BCUT2D eigenvalue weighted by atomic mass is 10.1. The monoisotopic (exact) mass is 282 g/mol. The number of rotatable bonds is 2. The van der Waals surface area contributed by atoms with Crippen LogP contribution < -0.4 is 0 Å². The Kier molecular flexibility index (Phi) is 2.87. The maximum absolute atomic E-state index is 13.0. The molecule has 0 unspecified atom stereocenters. The third-order valence-corrected chi connectivity index (χ3v) is 2.89. The molecule has 0 fully saturated rings. The molecular weight excluding hydrogens is 275 g/mol. The van der Waals surface area contributed by atoms with Crippen LogP contribution in [0.2, 0.25) is 0 Å². The number of aromatic nitrogens is 2. The number of ketones is 1. The number of hydrogen-bond acceptors (Lipinski definition) is 2. The van der Waals surface area contributed by atoms with E-state index in [9.17, 15) is 9.18 Å². The molecular formula is C11H8BrFN2O. The van der Waals surface area contributed by atoms with Gasteiger partial charge in [-0.15, -0.1) is 0 Å². The van der Waals surface area contributed by atoms with Gasteiger partial charge < -0.3 is 4.57 Å². The SMILES string of the molecule is Cn1ccnc1C(=O)c1cc(F)ccc1Br. The highest BCUT2D eigenvalue weighted by molar-refractivity contribution is 9.10. The third-order valence-electron chi connectivity index (χ3n) is 2.20. The van der Waals surface area contributed by atoms with Crippen LogP contribution in [-0.2, 0) is 7.05 Å². The molecule has 0 bridgehead atoms. The third kappa shape index (κ3) is 1.90. The lowest BCUT2D eigenvalue weighted by Crippen LogP contribution is -2.09. The van der Waals surface area contributed by atoms with Crippen molar-refractivity contribution in [1.82, 2.24) is 9.55 Å². The highest BCUT2D eigenvalue weighted by Gasteiger charge is 2.17. The highest BCUT2D eigenvalue weighted by atomic mass is 79.9. The zero-order chi connectivity index (χ0) is 11.7. The van der Waals surface area contributed by atoms with Crippen molar-refractivity contribution < 1.29 is 9.18 Å². The first-order chi connectivity index (χ1) is 7.59. The summed E-state index contributed by atoms with van der Waals surface area (Å²) in [7, 11) is 1.72. The van der Waals surface area contributed by atoms with Gasteiger partial charge in [-0.05, 0) is 18.2 Å². The average Bonchev–Trinajstić information content (AvgIpc) is 2.67. The minimum absolute atomic E-state index is 0.273. The van der Waals surface area contributed by atoms with Crippen molar-refractivity contribution >= 4 is 21.7 Å². The molecule has 82 valence electrons. The molecule has 1 heterocycles. The summed E-state index contributed by atoms with van der Waals surface area (Å²) in [5.74, 6) is -0.467. The van der Waals surface area contributed by atoms with E-state index in [0.29, 0.717) is 4.47 Å². The molecule has 0 aliphatic heterocycles. The Hall–Kier alpha value is -1.49. The summed E-state index contributed by atoms with van der Waals surface area (Å²) in [4.78, 5) is 16.0. The van der Waals surface area contributed by atoms with Crippen LogP contribution in [0, 0.1) is 5.82 Å². The molecule has 2 aromatic rings. The van der Waals surface area contributed by atoms with Crippen molar-refractivity contribution in [3.05, 3.63) is 52.3 Å². The van der Waals surface area contributed by atoms with Crippen LogP contribution in [0.15, 0.2) is 35.1 Å². The highest BCUT2D eigenvalue weighted by Crippen LogP contribution is 2.20. The lowest BCUT2D eigenvalue weighted by Gasteiger charge is -2.03. The molecule has 0 atom stereocenters. The summed E-state index contributed by atoms with van der Waals surface area (Å²) in [5.41, 5.74) is 0.273. The summed E-state index contributed by atoms with van der Waals surface area (Å²) in [6.07, 6.45) is 3.20. The first kappa shape index (κ1) is 11.0. The van der Waals surface area contributed by atoms with Gasteiger partial charge in [0.1, 0.15) is 5.82 Å². The van der Waals surface area contributed by atoms with Crippen LogP contribution in [0.5, 0.6) is 0 Å². The molecule has 0 aliphatic carbocycles. The van der Waals surface area contributed by atoms with E-state index < -0.39 is 5.82 Å². The molecule has 3 nitrogen and oxygen atoms in total. The quantitative estimate of drug-likeness (QED) is 0.794. The number of hydrogen-bond donors (Lipinski definition) is 0. The number of carbonyl (C=O) groups is 1. The number of halogens is 2. The predicted octanol–water partition coefficient (Wildman–Crippen LogP) is 2.55. The maximum atomic E-state index is 13.0. The molecule has 16 heavy (non-hydrogen) atoms. The summed E-state index contributed by atoms with van der Waals surface area (Å²) in [6.45, 7) is 0. The van der Waals surface area contributed by atoms with Crippen molar-refractivity contribution in [2.45, 2.75) is 0 Å². The first-order valence-electron chi connectivity index (χ1n) is 4.56. The second kappa shape index (κ2) is 4.17. The molecule has 0 amide bonds. The number of aryl methyl sites for hydroxylation is 1. The molecule has 1 aromatic carbocycles. The van der Waals surface area contributed by atoms with Crippen molar-refractivity contribution in [2.75, 3.05) is 0 Å². The lowest BCUT2D eigenvalue weighted by molar-refractivity contribution is 0.102. The van der Waals surface area contributed by atoms with Gasteiger partial charge in [-0.25, -0.2) is 9.37 Å². The van der Waals surface area contributed by atoms with Gasteiger partial charge in [0, 0.05) is 29.5 Å². The number of benzene rings is 1. The molecule has 1 aromatic heterocycles. The standard InChI is InChI=1S/C11H8BrFN2O/c1-15-5-4-14-11(15)10(16)8-6-7(13)2-3-9(8)12/h2-6H,1H3. The normalized spacial score (nSPS) is 10.4. The number of nitrogens with zero attached hydrogens (tertiary/aromatic N) is 2. The van der Waals surface area contributed by atoms with Gasteiger partial charge in [-0.1, -0.05) is 15.9 Å². The van der Waals surface area contributed by atoms with Crippen LogP contribution in [0.25, 0.3) is 0 Å². The van der Waals surface area contributed by atoms with Gasteiger partial charge in [0.15, 0.2) is 5.82 Å². The van der Waals surface area contributed by atoms with E-state index in [4.69, 9.17) is 0 Å². The molecule has 0 N–H and O–H groups in total. The molecule has 0 aliphatic rings. The van der Waals surface area contributed by atoms with Gasteiger partial charge in [0.25, 0.3) is 0 Å². The Labute approximate surface area is 100 Å². The Morgan fingerprint density at radius 2 is 2.25 bits per heavy atom. The largest absolute Gasteiger partial charge is 0.331 e. The van der Waals surface area contributed by atoms with Crippen molar-refractivity contribution in [3.63, 3.8) is 0 Å². The molecule has 0 radical (unpaired) electrons. The molecule has 0 spiro atoms. The van der Waals surface area contributed by atoms with Crippen molar-refractivity contribution in [3.8, 4) is 0 Å². The minimum atomic E-state index is -0.444. The van der Waals surface area contributed by atoms with Crippen LogP contribution in [-0.4, -0.2) is 15.3 Å². The van der Waals surface area contributed by atoms with Gasteiger partial charge >= 0.3 is 0 Å². The Bertz CT molecular complexity index is 551. The summed E-state index contributed by atoms with van der Waals surface area (Å²) >= 11 is 3.22. The molecule has 0 saturated carbocycles. The Balaban J connectivity index is 2.49.